The molecule has 98 valence electrons. The number of carbonyl (C=O) groups excluding carboxylic acids is 1. The lowest BCUT2D eigenvalue weighted by molar-refractivity contribution is -0.132. The molecule has 18 heavy (non-hydrogen) atoms. The summed E-state index contributed by atoms with van der Waals surface area (Å²) in [4.78, 5) is 21.6. The standard InChI is InChI=1S/C12H19N5O/c1-7-11(13)14-8(2)15-12(7)16-9-4-5-10(18)17(3)6-9/h9H,4-6H2,1-3H3,(H3,13,14,15,16). The molecule has 2 heterocycles. The van der Waals surface area contributed by atoms with Crippen LogP contribution >= 0.6 is 0 Å². The first-order valence-corrected chi connectivity index (χ1v) is 6.08. The van der Waals surface area contributed by atoms with Gasteiger partial charge in [-0.05, 0) is 20.3 Å². The van der Waals surface area contributed by atoms with Crippen LogP contribution in [0.2, 0.25) is 0 Å². The molecule has 1 aliphatic heterocycles. The van der Waals surface area contributed by atoms with Crippen molar-refractivity contribution in [3.05, 3.63) is 11.4 Å². The Kier molecular flexibility index (Phi) is 3.36. The summed E-state index contributed by atoms with van der Waals surface area (Å²) >= 11 is 0. The molecule has 0 radical (unpaired) electrons. The van der Waals surface area contributed by atoms with Crippen molar-refractivity contribution in [2.24, 2.45) is 0 Å². The smallest absolute Gasteiger partial charge is 0.222 e. The SMILES string of the molecule is Cc1nc(N)c(C)c(NC2CCC(=O)N(C)C2)n1. The maximum Gasteiger partial charge on any atom is 0.222 e. The van der Waals surface area contributed by atoms with Crippen molar-refractivity contribution < 1.29 is 4.79 Å². The van der Waals surface area contributed by atoms with E-state index in [1.165, 1.54) is 0 Å². The lowest BCUT2D eigenvalue weighted by Gasteiger charge is -2.30. The van der Waals surface area contributed by atoms with E-state index in [0.29, 0.717) is 24.6 Å². The Morgan fingerprint density at radius 1 is 1.39 bits per heavy atom. The molecule has 3 N–H and O–H groups in total. The van der Waals surface area contributed by atoms with Crippen LogP contribution in [0.4, 0.5) is 11.6 Å². The van der Waals surface area contributed by atoms with Gasteiger partial charge in [0.2, 0.25) is 5.91 Å². The summed E-state index contributed by atoms with van der Waals surface area (Å²) in [6.45, 7) is 4.41. The summed E-state index contributed by atoms with van der Waals surface area (Å²) in [5.74, 6) is 2.13. The van der Waals surface area contributed by atoms with Gasteiger partial charge in [0.1, 0.15) is 17.5 Å². The van der Waals surface area contributed by atoms with Gasteiger partial charge in [-0.3, -0.25) is 4.79 Å². The van der Waals surface area contributed by atoms with Crippen LogP contribution < -0.4 is 11.1 Å². The normalized spacial score (nSPS) is 20.1. The molecule has 1 fully saturated rings. The van der Waals surface area contributed by atoms with E-state index >= 15 is 0 Å². The Morgan fingerprint density at radius 3 is 2.78 bits per heavy atom. The van der Waals surface area contributed by atoms with Crippen LogP contribution in [0.3, 0.4) is 0 Å². The topological polar surface area (TPSA) is 84.1 Å². The monoisotopic (exact) mass is 249 g/mol. The van der Waals surface area contributed by atoms with E-state index in [2.05, 4.69) is 15.3 Å². The van der Waals surface area contributed by atoms with E-state index in [1.54, 1.807) is 4.90 Å². The van der Waals surface area contributed by atoms with Gasteiger partial charge in [-0.2, -0.15) is 0 Å². The lowest BCUT2D eigenvalue weighted by Crippen LogP contribution is -2.43. The first-order chi connectivity index (χ1) is 8.47. The average Bonchev–Trinajstić information content (AvgIpc) is 2.30. The van der Waals surface area contributed by atoms with Crippen molar-refractivity contribution in [2.45, 2.75) is 32.7 Å². The largest absolute Gasteiger partial charge is 0.383 e. The molecule has 0 saturated carbocycles. The summed E-state index contributed by atoms with van der Waals surface area (Å²) in [6, 6.07) is 0.222. The van der Waals surface area contributed by atoms with Crippen LogP contribution in [0.15, 0.2) is 0 Å². The zero-order chi connectivity index (χ0) is 13.3. The predicted octanol–water partition coefficient (Wildman–Crippen LogP) is 0.708. The number of hydrogen-bond acceptors (Lipinski definition) is 5. The van der Waals surface area contributed by atoms with Crippen LogP contribution in [-0.4, -0.2) is 40.4 Å². The van der Waals surface area contributed by atoms with Gasteiger partial charge in [-0.25, -0.2) is 9.97 Å². The summed E-state index contributed by atoms with van der Waals surface area (Å²) in [5.41, 5.74) is 6.68. The molecule has 2 rings (SSSR count). The van der Waals surface area contributed by atoms with Gasteiger partial charge in [0.15, 0.2) is 0 Å². The van der Waals surface area contributed by atoms with Crippen LogP contribution in [-0.2, 0) is 4.79 Å². The highest BCUT2D eigenvalue weighted by Crippen LogP contribution is 2.20. The molecule has 1 unspecified atom stereocenters. The molecule has 6 heteroatoms. The molecule has 0 spiro atoms. The minimum atomic E-state index is 0.197. The highest BCUT2D eigenvalue weighted by molar-refractivity contribution is 5.77. The number of nitrogens with one attached hydrogen (secondary N) is 1. The molecule has 0 bridgehead atoms. The Morgan fingerprint density at radius 2 is 2.11 bits per heavy atom. The molecular formula is C12H19N5O. The number of carbonyl (C=O) groups is 1. The number of anilines is 2. The fourth-order valence-electron chi connectivity index (χ4n) is 2.11. The molecule has 1 amide bonds. The van der Waals surface area contributed by atoms with Crippen LogP contribution in [0.5, 0.6) is 0 Å². The molecular weight excluding hydrogens is 230 g/mol. The van der Waals surface area contributed by atoms with Gasteiger partial charge in [-0.1, -0.05) is 0 Å². The first kappa shape index (κ1) is 12.6. The molecule has 6 nitrogen and oxygen atoms in total. The number of likely N-dealkylation sites (tertiary alicyclic amines) is 1. The second-order valence-corrected chi connectivity index (χ2v) is 4.78. The summed E-state index contributed by atoms with van der Waals surface area (Å²) in [6.07, 6.45) is 1.40. The number of likely N-dealkylation sites (N-methyl/N-ethyl adjacent to an activating group) is 1. The van der Waals surface area contributed by atoms with Gasteiger partial charge in [0.05, 0.1) is 0 Å². The number of rotatable bonds is 2. The predicted molar refractivity (Wildman–Crippen MR) is 70.2 cm³/mol. The van der Waals surface area contributed by atoms with Gasteiger partial charge in [0, 0.05) is 31.6 Å². The number of nitrogens with zero attached hydrogens (tertiary/aromatic N) is 3. The zero-order valence-electron chi connectivity index (χ0n) is 11.0. The molecule has 0 aromatic carbocycles. The van der Waals surface area contributed by atoms with Crippen molar-refractivity contribution >= 4 is 17.5 Å². The van der Waals surface area contributed by atoms with Crippen molar-refractivity contribution in [1.82, 2.24) is 14.9 Å². The molecule has 1 aliphatic rings. The van der Waals surface area contributed by atoms with E-state index in [9.17, 15) is 4.79 Å². The average molecular weight is 249 g/mol. The van der Waals surface area contributed by atoms with Gasteiger partial charge >= 0.3 is 0 Å². The Labute approximate surface area is 107 Å². The van der Waals surface area contributed by atoms with E-state index in [0.717, 1.165) is 17.8 Å². The van der Waals surface area contributed by atoms with Gasteiger partial charge in [0.25, 0.3) is 0 Å². The van der Waals surface area contributed by atoms with E-state index < -0.39 is 0 Å². The Balaban J connectivity index is 2.12. The van der Waals surface area contributed by atoms with Gasteiger partial charge in [-0.15, -0.1) is 0 Å². The Hall–Kier alpha value is -1.85. The van der Waals surface area contributed by atoms with Crippen molar-refractivity contribution in [3.8, 4) is 0 Å². The van der Waals surface area contributed by atoms with Crippen LogP contribution in [0.25, 0.3) is 0 Å². The van der Waals surface area contributed by atoms with Crippen molar-refractivity contribution in [3.63, 3.8) is 0 Å². The molecule has 1 saturated heterocycles. The highest BCUT2D eigenvalue weighted by Gasteiger charge is 2.23. The number of amides is 1. The minimum absolute atomic E-state index is 0.197. The number of hydrogen-bond donors (Lipinski definition) is 2. The molecule has 1 aromatic heterocycles. The summed E-state index contributed by atoms with van der Waals surface area (Å²) in [5, 5.41) is 3.36. The van der Waals surface area contributed by atoms with Crippen LogP contribution in [0.1, 0.15) is 24.2 Å². The zero-order valence-corrected chi connectivity index (χ0v) is 11.0. The number of nitrogens with two attached hydrogens (primary N) is 1. The van der Waals surface area contributed by atoms with Crippen LogP contribution in [0, 0.1) is 13.8 Å². The minimum Gasteiger partial charge on any atom is -0.383 e. The van der Waals surface area contributed by atoms with E-state index in [-0.39, 0.29) is 11.9 Å². The maximum atomic E-state index is 11.4. The maximum absolute atomic E-state index is 11.4. The first-order valence-electron chi connectivity index (χ1n) is 6.08. The molecule has 0 aliphatic carbocycles. The summed E-state index contributed by atoms with van der Waals surface area (Å²) < 4.78 is 0. The third-order valence-corrected chi connectivity index (χ3v) is 3.26. The van der Waals surface area contributed by atoms with E-state index in [4.69, 9.17) is 5.73 Å². The van der Waals surface area contributed by atoms with Gasteiger partial charge < -0.3 is 16.0 Å². The summed E-state index contributed by atoms with van der Waals surface area (Å²) in [7, 11) is 1.82. The highest BCUT2D eigenvalue weighted by atomic mass is 16.2. The quantitative estimate of drug-likeness (QED) is 0.806. The third kappa shape index (κ3) is 2.52. The number of aromatic nitrogens is 2. The molecule has 1 atom stereocenters. The van der Waals surface area contributed by atoms with E-state index in [1.807, 2.05) is 20.9 Å². The van der Waals surface area contributed by atoms with Crippen molar-refractivity contribution in [2.75, 3.05) is 24.6 Å². The Bertz CT molecular complexity index is 474. The lowest BCUT2D eigenvalue weighted by atomic mass is 10.1. The number of nitrogen functional groups attached to an aromatic ring is 1. The van der Waals surface area contributed by atoms with Crippen molar-refractivity contribution in [1.29, 1.82) is 0 Å². The fraction of sp³-hybridized carbons (Fsp3) is 0.583. The second kappa shape index (κ2) is 4.80. The fourth-order valence-corrected chi connectivity index (χ4v) is 2.11. The second-order valence-electron chi connectivity index (χ2n) is 4.78. The number of aryl methyl sites for hydroxylation is 1. The molecule has 1 aromatic rings. The third-order valence-electron chi connectivity index (χ3n) is 3.26. The number of piperidine rings is 1.